The zero-order valence-corrected chi connectivity index (χ0v) is 23.6. The van der Waals surface area contributed by atoms with Gasteiger partial charge in [0.15, 0.2) is 6.29 Å². The first-order valence-corrected chi connectivity index (χ1v) is 14.6. The molecule has 7 nitrogen and oxygen atoms in total. The fourth-order valence-corrected chi connectivity index (χ4v) is 6.70. The van der Waals surface area contributed by atoms with Gasteiger partial charge in [-0.2, -0.15) is 0 Å². The van der Waals surface area contributed by atoms with E-state index in [2.05, 4.69) is 10.2 Å². The number of hydrogen-bond acceptors (Lipinski definition) is 6. The number of nitrogens with zero attached hydrogens (tertiary/aromatic N) is 1. The summed E-state index contributed by atoms with van der Waals surface area (Å²) in [4.78, 5) is 16.0. The average Bonchev–Trinajstić information content (AvgIpc) is 2.92. The summed E-state index contributed by atoms with van der Waals surface area (Å²) >= 11 is 0. The maximum absolute atomic E-state index is 13.6. The van der Waals surface area contributed by atoms with Crippen molar-refractivity contribution in [3.8, 4) is 0 Å². The lowest BCUT2D eigenvalue weighted by Crippen LogP contribution is -2.61. The van der Waals surface area contributed by atoms with Gasteiger partial charge in [-0.1, -0.05) is 49.2 Å². The Balaban J connectivity index is 1.42. The van der Waals surface area contributed by atoms with E-state index in [1.54, 1.807) is 0 Å². The predicted octanol–water partition coefficient (Wildman–Crippen LogP) is 5.24. The Morgan fingerprint density at radius 2 is 1.79 bits per heavy atom. The van der Waals surface area contributed by atoms with Crippen LogP contribution in [0.15, 0.2) is 48.5 Å². The van der Waals surface area contributed by atoms with Crippen LogP contribution >= 0.6 is 0 Å². The Bertz CT molecular complexity index is 1120. The fraction of sp³-hybridized carbons (Fsp3) is 0.594. The van der Waals surface area contributed by atoms with Crippen LogP contribution in [0.25, 0.3) is 0 Å². The van der Waals surface area contributed by atoms with Crippen LogP contribution in [0.5, 0.6) is 0 Å². The summed E-state index contributed by atoms with van der Waals surface area (Å²) in [7, 11) is 0. The van der Waals surface area contributed by atoms with E-state index >= 15 is 0 Å². The third-order valence-electron chi connectivity index (χ3n) is 8.52. The number of nitrogen functional groups attached to an aromatic ring is 1. The number of piperidine rings is 1. The van der Waals surface area contributed by atoms with Crippen LogP contribution in [0.1, 0.15) is 94.8 Å². The molecular formula is C32H45N3O4. The summed E-state index contributed by atoms with van der Waals surface area (Å²) in [6.07, 6.45) is 6.74. The van der Waals surface area contributed by atoms with Crippen molar-refractivity contribution in [2.75, 3.05) is 12.3 Å². The Morgan fingerprint density at radius 1 is 1.03 bits per heavy atom. The van der Waals surface area contributed by atoms with Crippen LogP contribution in [-0.2, 0) is 20.9 Å². The molecule has 39 heavy (non-hydrogen) atoms. The quantitative estimate of drug-likeness (QED) is 0.438. The molecule has 4 N–H and O–H groups in total. The number of nitrogens with two attached hydrogens (primary N) is 1. The largest absolute Gasteiger partial charge is 0.399 e. The zero-order chi connectivity index (χ0) is 27.6. The third-order valence-corrected chi connectivity index (χ3v) is 8.52. The maximum atomic E-state index is 13.6. The highest BCUT2D eigenvalue weighted by molar-refractivity contribution is 5.82. The second-order valence-corrected chi connectivity index (χ2v) is 12.7. The van der Waals surface area contributed by atoms with Gasteiger partial charge in [0, 0.05) is 35.8 Å². The van der Waals surface area contributed by atoms with Crippen LogP contribution in [0.3, 0.4) is 0 Å². The molecule has 0 unspecified atom stereocenters. The normalized spacial score (nSPS) is 29.9. The van der Waals surface area contributed by atoms with Crippen molar-refractivity contribution < 1.29 is 19.4 Å². The van der Waals surface area contributed by atoms with E-state index in [0.717, 1.165) is 36.0 Å². The standard InChI is InChI=1S/C32H45N3O4/c1-32(2,3)34-30(37)28-16-15-22-7-4-5-10-27(22)35(28)19-26-18-29(23-13-11-21(20-36)12-14-23)39-31(38-26)24-8-6-9-25(33)17-24/h6,8-9,11-14,17,22,26-29,31,36H,4-5,7,10,15-16,18-20,33H2,1-3H3,(H,34,37)/t22-,26-,27-,28-,29+,31+/m1/s1. The number of carbonyl (C=O) groups excluding carboxylic acids is 1. The highest BCUT2D eigenvalue weighted by atomic mass is 16.7. The molecule has 5 rings (SSSR count). The van der Waals surface area contributed by atoms with E-state index in [4.69, 9.17) is 15.2 Å². The van der Waals surface area contributed by atoms with Crippen LogP contribution in [0.2, 0.25) is 0 Å². The number of carbonyl (C=O) groups is 1. The van der Waals surface area contributed by atoms with Gasteiger partial charge in [0.05, 0.1) is 24.9 Å². The maximum Gasteiger partial charge on any atom is 0.237 e. The minimum atomic E-state index is -0.552. The van der Waals surface area contributed by atoms with Gasteiger partial charge in [0.25, 0.3) is 0 Å². The van der Waals surface area contributed by atoms with E-state index in [1.165, 1.54) is 19.3 Å². The van der Waals surface area contributed by atoms with E-state index in [1.807, 2.05) is 69.3 Å². The molecule has 1 amide bonds. The molecule has 2 saturated heterocycles. The molecule has 0 radical (unpaired) electrons. The second kappa shape index (κ2) is 12.0. The topological polar surface area (TPSA) is 97.1 Å². The Morgan fingerprint density at radius 3 is 2.51 bits per heavy atom. The summed E-state index contributed by atoms with van der Waals surface area (Å²) in [5, 5.41) is 12.8. The molecule has 3 aliphatic rings. The molecule has 3 fully saturated rings. The van der Waals surface area contributed by atoms with Crippen molar-refractivity contribution in [3.05, 3.63) is 65.2 Å². The SMILES string of the molecule is CC(C)(C)NC(=O)[C@H]1CC[C@H]2CCCC[C@H]2N1C[C@H]1C[C@@H](c2ccc(CO)cc2)O[C@@H](c2cccc(N)c2)O1. The summed E-state index contributed by atoms with van der Waals surface area (Å²) in [5.74, 6) is 0.769. The van der Waals surface area contributed by atoms with Crippen molar-refractivity contribution in [2.24, 2.45) is 5.92 Å². The van der Waals surface area contributed by atoms with Crippen molar-refractivity contribution in [1.82, 2.24) is 10.2 Å². The molecule has 0 bridgehead atoms. The first-order valence-electron chi connectivity index (χ1n) is 14.6. The number of benzene rings is 2. The van der Waals surface area contributed by atoms with Crippen molar-refractivity contribution >= 4 is 11.6 Å². The summed E-state index contributed by atoms with van der Waals surface area (Å²) in [5.41, 5.74) is 9.35. The van der Waals surface area contributed by atoms with Gasteiger partial charge in [-0.25, -0.2) is 0 Å². The van der Waals surface area contributed by atoms with E-state index in [-0.39, 0.29) is 36.3 Å². The van der Waals surface area contributed by atoms with Gasteiger partial charge in [-0.05, 0) is 75.6 Å². The van der Waals surface area contributed by atoms with Gasteiger partial charge in [-0.3, -0.25) is 9.69 Å². The fourth-order valence-electron chi connectivity index (χ4n) is 6.70. The molecule has 1 saturated carbocycles. The smallest absolute Gasteiger partial charge is 0.237 e. The van der Waals surface area contributed by atoms with Crippen molar-refractivity contribution in [1.29, 1.82) is 0 Å². The summed E-state index contributed by atoms with van der Waals surface area (Å²) in [6, 6.07) is 15.9. The average molecular weight is 536 g/mol. The van der Waals surface area contributed by atoms with E-state index < -0.39 is 6.29 Å². The summed E-state index contributed by atoms with van der Waals surface area (Å²) in [6.45, 7) is 6.85. The van der Waals surface area contributed by atoms with Crippen LogP contribution < -0.4 is 11.1 Å². The third kappa shape index (κ3) is 6.83. The predicted molar refractivity (Wildman–Crippen MR) is 153 cm³/mol. The molecule has 0 aromatic heterocycles. The lowest BCUT2D eigenvalue weighted by molar-refractivity contribution is -0.255. The number of aliphatic hydroxyl groups excluding tert-OH is 1. The number of rotatable bonds is 6. The molecule has 212 valence electrons. The number of likely N-dealkylation sites (tertiary alicyclic amines) is 1. The first-order chi connectivity index (χ1) is 18.7. The van der Waals surface area contributed by atoms with Crippen LogP contribution in [-0.4, -0.2) is 46.2 Å². The lowest BCUT2D eigenvalue weighted by atomic mass is 9.75. The number of nitrogens with one attached hydrogen (secondary N) is 1. The van der Waals surface area contributed by atoms with Gasteiger partial charge in [-0.15, -0.1) is 0 Å². The highest BCUT2D eigenvalue weighted by Crippen LogP contribution is 2.42. The minimum Gasteiger partial charge on any atom is -0.399 e. The molecule has 2 heterocycles. The van der Waals surface area contributed by atoms with Crippen LogP contribution in [0, 0.1) is 5.92 Å². The van der Waals surface area contributed by atoms with Gasteiger partial charge in [0.1, 0.15) is 0 Å². The Hall–Kier alpha value is -2.45. The number of anilines is 1. The van der Waals surface area contributed by atoms with Gasteiger partial charge >= 0.3 is 0 Å². The summed E-state index contributed by atoms with van der Waals surface area (Å²) < 4.78 is 13.2. The zero-order valence-electron chi connectivity index (χ0n) is 23.6. The Labute approximate surface area is 233 Å². The van der Waals surface area contributed by atoms with E-state index in [0.29, 0.717) is 30.6 Å². The monoisotopic (exact) mass is 535 g/mol. The molecule has 0 spiro atoms. The van der Waals surface area contributed by atoms with E-state index in [9.17, 15) is 9.90 Å². The highest BCUT2D eigenvalue weighted by Gasteiger charge is 2.44. The number of fused-ring (bicyclic) bond motifs is 1. The molecule has 2 aromatic rings. The molecule has 7 heteroatoms. The first kappa shape index (κ1) is 28.1. The number of aliphatic hydroxyl groups is 1. The van der Waals surface area contributed by atoms with Gasteiger partial charge < -0.3 is 25.6 Å². The van der Waals surface area contributed by atoms with Crippen molar-refractivity contribution in [2.45, 2.75) is 108 Å². The number of amides is 1. The lowest BCUT2D eigenvalue weighted by Gasteiger charge is -2.50. The molecule has 1 aliphatic carbocycles. The number of hydrogen-bond donors (Lipinski definition) is 3. The molecule has 6 atom stereocenters. The molecule has 2 aliphatic heterocycles. The molecular weight excluding hydrogens is 490 g/mol. The number of ether oxygens (including phenoxy) is 2. The molecule has 2 aromatic carbocycles. The second-order valence-electron chi connectivity index (χ2n) is 12.7. The minimum absolute atomic E-state index is 0.0129. The van der Waals surface area contributed by atoms with Crippen LogP contribution in [0.4, 0.5) is 5.69 Å². The Kier molecular flexibility index (Phi) is 8.62. The van der Waals surface area contributed by atoms with Gasteiger partial charge in [0.2, 0.25) is 5.91 Å². The van der Waals surface area contributed by atoms with Crippen molar-refractivity contribution in [3.63, 3.8) is 0 Å².